The number of rotatable bonds is 3. The van der Waals surface area contributed by atoms with Crippen LogP contribution in [0.1, 0.15) is 24.8 Å². The third-order valence-corrected chi connectivity index (χ3v) is 6.43. The first-order valence-electron chi connectivity index (χ1n) is 9.09. The summed E-state index contributed by atoms with van der Waals surface area (Å²) in [6.07, 6.45) is 3.35. The fourth-order valence-corrected chi connectivity index (χ4v) is 4.91. The van der Waals surface area contributed by atoms with Crippen molar-refractivity contribution in [3.8, 4) is 0 Å². The molecule has 1 saturated heterocycles. The third kappa shape index (κ3) is 3.15. The monoisotopic (exact) mass is 361 g/mol. The quantitative estimate of drug-likeness (QED) is 0.893. The molecule has 4 unspecified atom stereocenters. The van der Waals surface area contributed by atoms with Gasteiger partial charge >= 0.3 is 0 Å². The minimum Gasteiger partial charge on any atom is -0.335 e. The molecular formula is C19H24ClN3O2. The Bertz CT molecular complexity index is 676. The predicted molar refractivity (Wildman–Crippen MR) is 95.7 cm³/mol. The highest BCUT2D eigenvalue weighted by Gasteiger charge is 2.50. The van der Waals surface area contributed by atoms with Gasteiger partial charge < -0.3 is 15.5 Å². The summed E-state index contributed by atoms with van der Waals surface area (Å²) in [7, 11) is 0. The van der Waals surface area contributed by atoms with E-state index < -0.39 is 0 Å². The van der Waals surface area contributed by atoms with Gasteiger partial charge in [-0.05, 0) is 48.8 Å². The van der Waals surface area contributed by atoms with E-state index in [0.717, 1.165) is 24.8 Å². The predicted octanol–water partition coefficient (Wildman–Crippen LogP) is 1.88. The first-order valence-corrected chi connectivity index (χ1v) is 9.47. The van der Waals surface area contributed by atoms with Crippen molar-refractivity contribution >= 4 is 23.4 Å². The highest BCUT2D eigenvalue weighted by molar-refractivity contribution is 6.30. The van der Waals surface area contributed by atoms with Crippen LogP contribution in [0.15, 0.2) is 24.3 Å². The van der Waals surface area contributed by atoms with Crippen molar-refractivity contribution < 1.29 is 9.59 Å². The van der Waals surface area contributed by atoms with Gasteiger partial charge in [0.15, 0.2) is 0 Å². The van der Waals surface area contributed by atoms with E-state index in [0.29, 0.717) is 36.5 Å². The molecule has 4 rings (SSSR count). The molecule has 2 amide bonds. The van der Waals surface area contributed by atoms with Crippen molar-refractivity contribution in [2.45, 2.75) is 31.8 Å². The van der Waals surface area contributed by atoms with Gasteiger partial charge in [0, 0.05) is 30.7 Å². The summed E-state index contributed by atoms with van der Waals surface area (Å²) in [5.41, 5.74) is 7.34. The summed E-state index contributed by atoms with van der Waals surface area (Å²) in [4.78, 5) is 29.0. The van der Waals surface area contributed by atoms with E-state index in [9.17, 15) is 9.59 Å². The van der Waals surface area contributed by atoms with Gasteiger partial charge in [0.1, 0.15) is 0 Å². The average molecular weight is 362 g/mol. The third-order valence-electron chi connectivity index (χ3n) is 6.18. The Morgan fingerprint density at radius 2 is 1.88 bits per heavy atom. The van der Waals surface area contributed by atoms with Crippen LogP contribution in [0.2, 0.25) is 5.02 Å². The second-order valence-electron chi connectivity index (χ2n) is 7.64. The Kier molecular flexibility index (Phi) is 4.46. The van der Waals surface area contributed by atoms with Gasteiger partial charge in [-0.15, -0.1) is 0 Å². The van der Waals surface area contributed by atoms with Crippen LogP contribution in [0.5, 0.6) is 0 Å². The average Bonchev–Trinajstić information content (AvgIpc) is 3.19. The summed E-state index contributed by atoms with van der Waals surface area (Å²) >= 11 is 5.90. The molecule has 0 spiro atoms. The lowest BCUT2D eigenvalue weighted by Crippen LogP contribution is -2.55. The number of fused-ring (bicyclic) bond motifs is 2. The molecule has 1 heterocycles. The van der Waals surface area contributed by atoms with Crippen LogP contribution < -0.4 is 5.73 Å². The van der Waals surface area contributed by atoms with Gasteiger partial charge in [0.05, 0.1) is 12.5 Å². The highest BCUT2D eigenvalue weighted by Crippen LogP contribution is 2.48. The van der Waals surface area contributed by atoms with E-state index in [4.69, 9.17) is 17.3 Å². The van der Waals surface area contributed by atoms with E-state index >= 15 is 0 Å². The normalized spacial score (nSPS) is 31.7. The minimum absolute atomic E-state index is 0.00581. The van der Waals surface area contributed by atoms with E-state index in [1.165, 1.54) is 0 Å². The van der Waals surface area contributed by atoms with Crippen molar-refractivity contribution in [2.24, 2.45) is 23.5 Å². The highest BCUT2D eigenvalue weighted by atomic mass is 35.5. The van der Waals surface area contributed by atoms with Gasteiger partial charge in [-0.2, -0.15) is 0 Å². The Labute approximate surface area is 153 Å². The molecule has 2 aliphatic carbocycles. The Morgan fingerprint density at radius 3 is 2.52 bits per heavy atom. The first-order chi connectivity index (χ1) is 12.0. The molecule has 134 valence electrons. The molecule has 3 aliphatic rings. The van der Waals surface area contributed by atoms with E-state index in [-0.39, 0.29) is 30.3 Å². The van der Waals surface area contributed by atoms with Crippen LogP contribution >= 0.6 is 11.6 Å². The molecule has 2 saturated carbocycles. The fourth-order valence-electron chi connectivity index (χ4n) is 4.79. The van der Waals surface area contributed by atoms with E-state index in [2.05, 4.69) is 0 Å². The first kappa shape index (κ1) is 16.9. The fraction of sp³-hybridized carbons (Fsp3) is 0.579. The van der Waals surface area contributed by atoms with Crippen LogP contribution in [0, 0.1) is 17.8 Å². The minimum atomic E-state index is -0.0747. The Hall–Kier alpha value is -1.59. The Balaban J connectivity index is 1.37. The molecule has 3 fully saturated rings. The molecular weight excluding hydrogens is 338 g/mol. The van der Waals surface area contributed by atoms with Gasteiger partial charge in [-0.3, -0.25) is 9.59 Å². The summed E-state index contributed by atoms with van der Waals surface area (Å²) in [5.74, 6) is 0.954. The lowest BCUT2D eigenvalue weighted by Gasteiger charge is -2.38. The van der Waals surface area contributed by atoms with Crippen molar-refractivity contribution in [3.05, 3.63) is 34.9 Å². The number of hydrogen-bond acceptors (Lipinski definition) is 3. The molecule has 5 nitrogen and oxygen atoms in total. The van der Waals surface area contributed by atoms with Gasteiger partial charge in [0.25, 0.3) is 0 Å². The van der Waals surface area contributed by atoms with E-state index in [1.54, 1.807) is 4.90 Å². The lowest BCUT2D eigenvalue weighted by atomic mass is 9.84. The molecule has 4 atom stereocenters. The van der Waals surface area contributed by atoms with E-state index in [1.807, 2.05) is 29.2 Å². The number of carbonyl (C=O) groups is 2. The summed E-state index contributed by atoms with van der Waals surface area (Å²) in [6, 6.07) is 7.51. The van der Waals surface area contributed by atoms with Crippen molar-refractivity contribution in [1.29, 1.82) is 0 Å². The number of halogens is 1. The maximum atomic E-state index is 12.9. The molecule has 0 radical (unpaired) electrons. The van der Waals surface area contributed by atoms with Crippen molar-refractivity contribution in [1.82, 2.24) is 9.80 Å². The van der Waals surface area contributed by atoms with Crippen LogP contribution in [0.3, 0.4) is 0 Å². The van der Waals surface area contributed by atoms with Gasteiger partial charge in [-0.25, -0.2) is 0 Å². The van der Waals surface area contributed by atoms with Gasteiger partial charge in [0.2, 0.25) is 11.8 Å². The molecule has 2 bridgehead atoms. The second-order valence-corrected chi connectivity index (χ2v) is 8.07. The molecule has 1 aromatic rings. The molecule has 2 N–H and O–H groups in total. The van der Waals surface area contributed by atoms with Crippen LogP contribution in [0.4, 0.5) is 0 Å². The number of benzene rings is 1. The number of nitrogens with two attached hydrogens (primary N) is 1. The topological polar surface area (TPSA) is 66.6 Å². The van der Waals surface area contributed by atoms with Crippen molar-refractivity contribution in [3.63, 3.8) is 0 Å². The van der Waals surface area contributed by atoms with Gasteiger partial charge in [-0.1, -0.05) is 23.7 Å². The van der Waals surface area contributed by atoms with Crippen molar-refractivity contribution in [2.75, 3.05) is 19.6 Å². The molecule has 0 aromatic heterocycles. The largest absolute Gasteiger partial charge is 0.335 e. The molecule has 1 aliphatic heterocycles. The summed E-state index contributed by atoms with van der Waals surface area (Å²) in [6.45, 7) is 1.90. The summed E-state index contributed by atoms with van der Waals surface area (Å²) in [5, 5.41) is 0.688. The standard InChI is InChI=1S/C19H24ClN3O2/c20-15-5-1-12(2-6-15)10-22-7-8-23(11-16(22)24)19(25)17-13-3-4-14(9-13)18(17)21/h1-2,5-6,13-14,17-18H,3-4,7-11,21H2. The smallest absolute Gasteiger partial charge is 0.242 e. The molecule has 6 heteroatoms. The number of piperazine rings is 1. The maximum absolute atomic E-state index is 12.9. The zero-order valence-electron chi connectivity index (χ0n) is 14.2. The maximum Gasteiger partial charge on any atom is 0.242 e. The SMILES string of the molecule is NC1C2CCC(C2)C1C(=O)N1CCN(Cc2ccc(Cl)cc2)C(=O)C1. The summed E-state index contributed by atoms with van der Waals surface area (Å²) < 4.78 is 0. The number of hydrogen-bond donors (Lipinski definition) is 1. The number of nitrogens with zero attached hydrogens (tertiary/aromatic N) is 2. The zero-order valence-corrected chi connectivity index (χ0v) is 15.0. The van der Waals surface area contributed by atoms with Crippen LogP contribution in [0.25, 0.3) is 0 Å². The molecule has 25 heavy (non-hydrogen) atoms. The van der Waals surface area contributed by atoms with Crippen LogP contribution in [-0.4, -0.2) is 47.3 Å². The number of amides is 2. The lowest BCUT2D eigenvalue weighted by molar-refractivity contribution is -0.149. The second kappa shape index (κ2) is 6.61. The molecule has 1 aromatic carbocycles. The van der Waals surface area contributed by atoms with Crippen LogP contribution in [-0.2, 0) is 16.1 Å². The number of carbonyl (C=O) groups excluding carboxylic acids is 2. The Morgan fingerprint density at radius 1 is 1.16 bits per heavy atom. The zero-order chi connectivity index (χ0) is 17.6.